The Labute approximate surface area is 115 Å². The van der Waals surface area contributed by atoms with Gasteiger partial charge in [0.1, 0.15) is 0 Å². The molecule has 0 spiro atoms. The molecular weight excluding hydrogens is 234 g/mol. The number of benzene rings is 1. The molecule has 1 aromatic carbocycles. The van der Waals surface area contributed by atoms with Gasteiger partial charge < -0.3 is 5.73 Å². The topological polar surface area (TPSA) is 42.1 Å². The van der Waals surface area contributed by atoms with Crippen molar-refractivity contribution in [1.29, 1.82) is 0 Å². The standard InChI is InChI=1S/C16H23N3/c1-3-10-19(4-2)16(12-17)14-7-8-15-13(11-14)6-5-9-18-15/h5-9,11,16H,3-4,10,12,17H2,1-2H3. The van der Waals surface area contributed by atoms with E-state index in [9.17, 15) is 0 Å². The van der Waals surface area contributed by atoms with Crippen molar-refractivity contribution >= 4 is 10.9 Å². The Morgan fingerprint density at radius 2 is 2.11 bits per heavy atom. The molecule has 3 heteroatoms. The van der Waals surface area contributed by atoms with Gasteiger partial charge in [-0.2, -0.15) is 0 Å². The first-order valence-corrected chi connectivity index (χ1v) is 7.09. The smallest absolute Gasteiger partial charge is 0.0702 e. The lowest BCUT2D eigenvalue weighted by Crippen LogP contribution is -2.34. The van der Waals surface area contributed by atoms with Crippen molar-refractivity contribution < 1.29 is 0 Å². The predicted molar refractivity (Wildman–Crippen MR) is 81.1 cm³/mol. The molecule has 0 aliphatic heterocycles. The van der Waals surface area contributed by atoms with Crippen LogP contribution in [0.1, 0.15) is 31.9 Å². The fourth-order valence-electron chi connectivity index (χ4n) is 2.62. The first-order valence-electron chi connectivity index (χ1n) is 7.09. The minimum atomic E-state index is 0.301. The van der Waals surface area contributed by atoms with Gasteiger partial charge in [0.15, 0.2) is 0 Å². The summed E-state index contributed by atoms with van der Waals surface area (Å²) in [6, 6.07) is 10.9. The van der Waals surface area contributed by atoms with Crippen LogP contribution in [0, 0.1) is 0 Å². The number of hydrogen-bond acceptors (Lipinski definition) is 3. The van der Waals surface area contributed by atoms with Crippen molar-refractivity contribution in [3.05, 3.63) is 42.1 Å². The molecular formula is C16H23N3. The molecule has 2 N–H and O–H groups in total. The fourth-order valence-corrected chi connectivity index (χ4v) is 2.62. The Morgan fingerprint density at radius 1 is 1.26 bits per heavy atom. The van der Waals surface area contributed by atoms with E-state index >= 15 is 0 Å². The van der Waals surface area contributed by atoms with Gasteiger partial charge in [-0.05, 0) is 43.3 Å². The molecule has 19 heavy (non-hydrogen) atoms. The second-order valence-electron chi connectivity index (χ2n) is 4.84. The highest BCUT2D eigenvalue weighted by Gasteiger charge is 2.17. The Bertz CT molecular complexity index is 524. The van der Waals surface area contributed by atoms with Gasteiger partial charge in [-0.3, -0.25) is 9.88 Å². The van der Waals surface area contributed by atoms with Crippen molar-refractivity contribution in [2.24, 2.45) is 5.73 Å². The quantitative estimate of drug-likeness (QED) is 0.865. The molecule has 2 rings (SSSR count). The van der Waals surface area contributed by atoms with Crippen LogP contribution in [0.4, 0.5) is 0 Å². The van der Waals surface area contributed by atoms with E-state index in [1.165, 1.54) is 10.9 Å². The summed E-state index contributed by atoms with van der Waals surface area (Å²) in [7, 11) is 0. The van der Waals surface area contributed by atoms with Crippen molar-refractivity contribution in [1.82, 2.24) is 9.88 Å². The van der Waals surface area contributed by atoms with Gasteiger partial charge in [0, 0.05) is 24.2 Å². The van der Waals surface area contributed by atoms with Crippen molar-refractivity contribution in [2.45, 2.75) is 26.3 Å². The van der Waals surface area contributed by atoms with Gasteiger partial charge in [0.2, 0.25) is 0 Å². The lowest BCUT2D eigenvalue weighted by atomic mass is 10.0. The van der Waals surface area contributed by atoms with E-state index in [1.54, 1.807) is 0 Å². The summed E-state index contributed by atoms with van der Waals surface area (Å²) >= 11 is 0. The van der Waals surface area contributed by atoms with Crippen LogP contribution in [0.15, 0.2) is 36.5 Å². The van der Waals surface area contributed by atoms with Gasteiger partial charge in [-0.25, -0.2) is 0 Å². The van der Waals surface area contributed by atoms with Crippen LogP contribution in [0.25, 0.3) is 10.9 Å². The van der Waals surface area contributed by atoms with Crippen LogP contribution in [0.5, 0.6) is 0 Å². The van der Waals surface area contributed by atoms with Gasteiger partial charge in [-0.1, -0.05) is 26.0 Å². The molecule has 0 radical (unpaired) electrons. The third-order valence-electron chi connectivity index (χ3n) is 3.59. The van der Waals surface area contributed by atoms with Crippen molar-refractivity contribution in [2.75, 3.05) is 19.6 Å². The van der Waals surface area contributed by atoms with Crippen LogP contribution >= 0.6 is 0 Å². The van der Waals surface area contributed by atoms with E-state index in [-0.39, 0.29) is 0 Å². The summed E-state index contributed by atoms with van der Waals surface area (Å²) in [5.74, 6) is 0. The first-order chi connectivity index (χ1) is 9.30. The maximum absolute atomic E-state index is 6.00. The fraction of sp³-hybridized carbons (Fsp3) is 0.438. The average molecular weight is 257 g/mol. The lowest BCUT2D eigenvalue weighted by molar-refractivity contribution is 0.213. The maximum atomic E-state index is 6.00. The number of nitrogens with zero attached hydrogens (tertiary/aromatic N) is 2. The van der Waals surface area contributed by atoms with Gasteiger partial charge >= 0.3 is 0 Å². The van der Waals surface area contributed by atoms with Crippen LogP contribution in [-0.2, 0) is 0 Å². The van der Waals surface area contributed by atoms with Crippen molar-refractivity contribution in [3.8, 4) is 0 Å². The number of pyridine rings is 1. The van der Waals surface area contributed by atoms with E-state index in [1.807, 2.05) is 12.3 Å². The lowest BCUT2D eigenvalue weighted by Gasteiger charge is -2.30. The molecule has 0 amide bonds. The largest absolute Gasteiger partial charge is 0.329 e. The third-order valence-corrected chi connectivity index (χ3v) is 3.59. The van der Waals surface area contributed by atoms with Crippen molar-refractivity contribution in [3.63, 3.8) is 0 Å². The minimum Gasteiger partial charge on any atom is -0.329 e. The summed E-state index contributed by atoms with van der Waals surface area (Å²) in [5.41, 5.74) is 8.33. The molecule has 0 aliphatic carbocycles. The summed E-state index contributed by atoms with van der Waals surface area (Å²) < 4.78 is 0. The third kappa shape index (κ3) is 3.11. The van der Waals surface area contributed by atoms with E-state index in [0.717, 1.165) is 25.0 Å². The normalized spacial score (nSPS) is 13.1. The predicted octanol–water partition coefficient (Wildman–Crippen LogP) is 2.97. The van der Waals surface area contributed by atoms with Gasteiger partial charge in [0.05, 0.1) is 5.52 Å². The average Bonchev–Trinajstić information content (AvgIpc) is 2.47. The Balaban J connectivity index is 2.34. The van der Waals surface area contributed by atoms with E-state index in [4.69, 9.17) is 5.73 Å². The molecule has 0 saturated heterocycles. The molecule has 1 atom stereocenters. The van der Waals surface area contributed by atoms with Crippen LogP contribution in [-0.4, -0.2) is 29.5 Å². The molecule has 1 aromatic heterocycles. The summed E-state index contributed by atoms with van der Waals surface area (Å²) in [4.78, 5) is 6.81. The summed E-state index contributed by atoms with van der Waals surface area (Å²) in [6.07, 6.45) is 2.98. The Hall–Kier alpha value is -1.45. The van der Waals surface area contributed by atoms with Crippen LogP contribution in [0.2, 0.25) is 0 Å². The second-order valence-corrected chi connectivity index (χ2v) is 4.84. The molecule has 1 heterocycles. The molecule has 0 saturated carbocycles. The molecule has 0 aliphatic rings. The molecule has 0 fully saturated rings. The highest BCUT2D eigenvalue weighted by Crippen LogP contribution is 2.23. The Kier molecular flexibility index (Phi) is 4.88. The van der Waals surface area contributed by atoms with Crippen LogP contribution in [0.3, 0.4) is 0 Å². The molecule has 0 bridgehead atoms. The zero-order chi connectivity index (χ0) is 13.7. The Morgan fingerprint density at radius 3 is 2.79 bits per heavy atom. The van der Waals surface area contributed by atoms with Gasteiger partial charge in [0.25, 0.3) is 0 Å². The maximum Gasteiger partial charge on any atom is 0.0702 e. The summed E-state index contributed by atoms with van der Waals surface area (Å²) in [5, 5.41) is 1.19. The summed E-state index contributed by atoms with van der Waals surface area (Å²) in [6.45, 7) is 7.17. The first kappa shape index (κ1) is 14.0. The zero-order valence-electron chi connectivity index (χ0n) is 11.8. The number of hydrogen-bond donors (Lipinski definition) is 1. The highest BCUT2D eigenvalue weighted by atomic mass is 15.2. The van der Waals surface area contributed by atoms with Gasteiger partial charge in [-0.15, -0.1) is 0 Å². The SMILES string of the molecule is CCCN(CC)C(CN)c1ccc2ncccc2c1. The molecule has 3 nitrogen and oxygen atoms in total. The number of nitrogens with two attached hydrogens (primary N) is 1. The molecule has 102 valence electrons. The van der Waals surface area contributed by atoms with Crippen LogP contribution < -0.4 is 5.73 Å². The number of likely N-dealkylation sites (N-methyl/N-ethyl adjacent to an activating group) is 1. The molecule has 2 aromatic rings. The zero-order valence-corrected chi connectivity index (χ0v) is 11.8. The second kappa shape index (κ2) is 6.64. The highest BCUT2D eigenvalue weighted by molar-refractivity contribution is 5.79. The number of aromatic nitrogens is 1. The number of rotatable bonds is 6. The van der Waals surface area contributed by atoms with E-state index in [0.29, 0.717) is 12.6 Å². The monoisotopic (exact) mass is 257 g/mol. The molecule has 1 unspecified atom stereocenters. The van der Waals surface area contributed by atoms with E-state index < -0.39 is 0 Å². The van der Waals surface area contributed by atoms with E-state index in [2.05, 4.69) is 48.0 Å². The minimum absolute atomic E-state index is 0.301. The number of fused-ring (bicyclic) bond motifs is 1.